The van der Waals surface area contributed by atoms with Crippen LogP contribution in [-0.4, -0.2) is 51.5 Å². The molecule has 11 heteroatoms. The molecule has 0 saturated heterocycles. The first kappa shape index (κ1) is 24.5. The number of nitrogens with zero attached hydrogens (tertiary/aromatic N) is 5. The molecule has 0 spiro atoms. The van der Waals surface area contributed by atoms with E-state index < -0.39 is 28.6 Å². The molecule has 0 aliphatic heterocycles. The summed E-state index contributed by atoms with van der Waals surface area (Å²) in [7, 11) is 3.81. The van der Waals surface area contributed by atoms with Gasteiger partial charge in [0.2, 0.25) is 5.82 Å². The molecule has 0 fully saturated rings. The van der Waals surface area contributed by atoms with Gasteiger partial charge < -0.3 is 9.64 Å². The van der Waals surface area contributed by atoms with Crippen LogP contribution < -0.4 is 10.3 Å². The number of hydrogen-bond acceptors (Lipinski definition) is 5. The van der Waals surface area contributed by atoms with Gasteiger partial charge >= 0.3 is 5.56 Å². The van der Waals surface area contributed by atoms with Gasteiger partial charge in [-0.3, -0.25) is 9.36 Å². The Kier molecular flexibility index (Phi) is 7.23. The molecular formula is C24H21ClF3N5O2. The number of halogens is 4. The first-order chi connectivity index (χ1) is 16.8. The number of ether oxygens (including phenoxy) is 1. The van der Waals surface area contributed by atoms with Crippen molar-refractivity contribution in [3.8, 4) is 28.5 Å². The number of aromatic nitrogens is 4. The summed E-state index contributed by atoms with van der Waals surface area (Å²) in [6.07, 6.45) is 3.53. The van der Waals surface area contributed by atoms with Crippen molar-refractivity contribution in [1.29, 1.82) is 0 Å². The molecule has 0 aliphatic carbocycles. The van der Waals surface area contributed by atoms with E-state index in [1.165, 1.54) is 30.6 Å². The van der Waals surface area contributed by atoms with Crippen molar-refractivity contribution in [2.24, 2.45) is 0 Å². The zero-order valence-electron chi connectivity index (χ0n) is 18.9. The van der Waals surface area contributed by atoms with E-state index in [0.29, 0.717) is 6.42 Å². The highest BCUT2D eigenvalue weighted by molar-refractivity contribution is 6.32. The zero-order chi connectivity index (χ0) is 25.1. The van der Waals surface area contributed by atoms with Crippen molar-refractivity contribution >= 4 is 11.6 Å². The maximum Gasteiger partial charge on any atom is 0.300 e. The Balaban J connectivity index is 1.87. The van der Waals surface area contributed by atoms with Gasteiger partial charge in [0.15, 0.2) is 5.15 Å². The summed E-state index contributed by atoms with van der Waals surface area (Å²) < 4.78 is 52.1. The predicted molar refractivity (Wildman–Crippen MR) is 126 cm³/mol. The van der Waals surface area contributed by atoms with E-state index in [2.05, 4.69) is 10.1 Å². The van der Waals surface area contributed by atoms with Crippen LogP contribution in [0.25, 0.3) is 22.8 Å². The molecule has 0 aliphatic rings. The van der Waals surface area contributed by atoms with E-state index in [1.807, 2.05) is 19.0 Å². The molecule has 7 nitrogen and oxygen atoms in total. The average molecular weight is 504 g/mol. The monoisotopic (exact) mass is 503 g/mol. The van der Waals surface area contributed by atoms with Crippen LogP contribution in [0.15, 0.2) is 59.7 Å². The van der Waals surface area contributed by atoms with Gasteiger partial charge in [-0.2, -0.15) is 5.10 Å². The van der Waals surface area contributed by atoms with Crippen LogP contribution in [-0.2, 0) is 0 Å². The molecule has 0 radical (unpaired) electrons. The molecule has 4 rings (SSSR count). The van der Waals surface area contributed by atoms with E-state index in [-0.39, 0.29) is 34.7 Å². The van der Waals surface area contributed by atoms with E-state index in [9.17, 15) is 9.18 Å². The molecule has 0 amide bonds. The number of rotatable bonds is 8. The van der Waals surface area contributed by atoms with Gasteiger partial charge in [0.05, 0.1) is 23.6 Å². The van der Waals surface area contributed by atoms with Gasteiger partial charge in [-0.15, -0.1) is 0 Å². The van der Waals surface area contributed by atoms with Crippen LogP contribution in [0.5, 0.6) is 5.75 Å². The topological polar surface area (TPSA) is 65.2 Å². The molecule has 4 aromatic rings. The van der Waals surface area contributed by atoms with Crippen LogP contribution in [0.1, 0.15) is 6.42 Å². The highest BCUT2D eigenvalue weighted by Gasteiger charge is 2.25. The molecule has 2 heterocycles. The van der Waals surface area contributed by atoms with Crippen molar-refractivity contribution in [2.75, 3.05) is 27.2 Å². The van der Waals surface area contributed by atoms with Crippen molar-refractivity contribution in [2.45, 2.75) is 6.42 Å². The first-order valence-electron chi connectivity index (χ1n) is 10.6. The van der Waals surface area contributed by atoms with Crippen LogP contribution in [0.4, 0.5) is 13.2 Å². The zero-order valence-corrected chi connectivity index (χ0v) is 19.6. The Labute approximate surface area is 204 Å². The highest BCUT2D eigenvalue weighted by Crippen LogP contribution is 2.34. The smallest absolute Gasteiger partial charge is 0.300 e. The first-order valence-corrected chi connectivity index (χ1v) is 11.0. The fourth-order valence-electron chi connectivity index (χ4n) is 3.54. The maximum absolute atomic E-state index is 15.3. The molecule has 0 atom stereocenters. The molecule has 2 aromatic carbocycles. The molecule has 35 heavy (non-hydrogen) atoms. The summed E-state index contributed by atoms with van der Waals surface area (Å²) in [4.78, 5) is 19.4. The highest BCUT2D eigenvalue weighted by atomic mass is 35.5. The lowest BCUT2D eigenvalue weighted by atomic mass is 10.1. The molecule has 0 unspecified atom stereocenters. The molecule has 2 aromatic heterocycles. The summed E-state index contributed by atoms with van der Waals surface area (Å²) in [5, 5.41) is 3.60. The summed E-state index contributed by atoms with van der Waals surface area (Å²) in [6, 6.07) is 8.57. The third kappa shape index (κ3) is 5.23. The molecule has 182 valence electrons. The fraction of sp³-hybridized carbons (Fsp3) is 0.208. The quantitative estimate of drug-likeness (QED) is 0.332. The Morgan fingerprint density at radius 1 is 1.09 bits per heavy atom. The van der Waals surface area contributed by atoms with Crippen molar-refractivity contribution in [1.82, 2.24) is 24.2 Å². The number of benzene rings is 2. The third-order valence-electron chi connectivity index (χ3n) is 5.08. The fourth-order valence-corrected chi connectivity index (χ4v) is 3.80. The summed E-state index contributed by atoms with van der Waals surface area (Å²) in [5.41, 5.74) is -1.77. The molecule has 0 saturated carbocycles. The van der Waals surface area contributed by atoms with Crippen LogP contribution >= 0.6 is 11.6 Å². The van der Waals surface area contributed by atoms with Crippen molar-refractivity contribution in [3.63, 3.8) is 0 Å². The Morgan fingerprint density at radius 2 is 1.83 bits per heavy atom. The second kappa shape index (κ2) is 10.3. The molecule has 0 N–H and O–H groups in total. The van der Waals surface area contributed by atoms with Crippen LogP contribution in [0.3, 0.4) is 0 Å². The van der Waals surface area contributed by atoms with Gasteiger partial charge in [0.25, 0.3) is 0 Å². The van der Waals surface area contributed by atoms with Crippen LogP contribution in [0, 0.1) is 17.5 Å². The van der Waals surface area contributed by atoms with E-state index in [1.54, 1.807) is 6.07 Å². The van der Waals surface area contributed by atoms with E-state index >= 15 is 8.78 Å². The predicted octanol–water partition coefficient (Wildman–Crippen LogP) is 4.49. The van der Waals surface area contributed by atoms with Gasteiger partial charge in [-0.1, -0.05) is 17.7 Å². The number of hydrogen-bond donors (Lipinski definition) is 0. The molecule has 0 bridgehead atoms. The van der Waals surface area contributed by atoms with E-state index in [0.717, 1.165) is 34.0 Å². The average Bonchev–Trinajstić information content (AvgIpc) is 3.33. The van der Waals surface area contributed by atoms with Crippen molar-refractivity contribution in [3.05, 3.63) is 87.8 Å². The second-order valence-corrected chi connectivity index (χ2v) is 8.27. The summed E-state index contributed by atoms with van der Waals surface area (Å²) in [5.74, 6) is -2.94. The Morgan fingerprint density at radius 3 is 2.46 bits per heavy atom. The third-order valence-corrected chi connectivity index (χ3v) is 5.34. The summed E-state index contributed by atoms with van der Waals surface area (Å²) in [6.45, 7) is 0.998. The summed E-state index contributed by atoms with van der Waals surface area (Å²) >= 11 is 6.39. The lowest BCUT2D eigenvalue weighted by Crippen LogP contribution is -2.27. The minimum absolute atomic E-state index is 0.00511. The normalized spacial score (nSPS) is 11.3. The second-order valence-electron chi connectivity index (χ2n) is 7.91. The van der Waals surface area contributed by atoms with Gasteiger partial charge in [0.1, 0.15) is 23.2 Å². The van der Waals surface area contributed by atoms with Gasteiger partial charge in [-0.05, 0) is 44.8 Å². The SMILES string of the molecule is CN(C)CCCOc1cc(F)c(-c2c(Cl)nc(-n3cccn3)c(=O)n2-c2cccc(F)c2)c(F)c1. The minimum atomic E-state index is -1.02. The van der Waals surface area contributed by atoms with Crippen LogP contribution in [0.2, 0.25) is 5.15 Å². The lowest BCUT2D eigenvalue weighted by Gasteiger charge is -2.18. The van der Waals surface area contributed by atoms with E-state index in [4.69, 9.17) is 16.3 Å². The standard InChI is InChI=1S/C24H21ClF3N5O2/c1-31(2)9-5-11-35-17-13-18(27)20(19(28)14-17)21-22(25)30-23(32-10-4-8-29-32)24(34)33(21)16-7-3-6-15(26)12-16/h3-4,6-8,10,12-14H,5,9,11H2,1-2H3. The largest absolute Gasteiger partial charge is 0.493 e. The lowest BCUT2D eigenvalue weighted by molar-refractivity contribution is 0.279. The van der Waals surface area contributed by atoms with Gasteiger partial charge in [-0.25, -0.2) is 22.8 Å². The van der Waals surface area contributed by atoms with Gasteiger partial charge in [0, 0.05) is 31.1 Å². The molecular weight excluding hydrogens is 483 g/mol. The Bertz CT molecular complexity index is 1380. The Hall–Kier alpha value is -3.63. The maximum atomic E-state index is 15.3. The van der Waals surface area contributed by atoms with Crippen molar-refractivity contribution < 1.29 is 17.9 Å². The minimum Gasteiger partial charge on any atom is -0.493 e.